The fraction of sp³-hybridized carbons (Fsp3) is 0.690. The van der Waals surface area contributed by atoms with E-state index in [0.717, 1.165) is 57.2 Å². The molecule has 206 valence electrons. The number of carbonyl (C=O) groups excluding carboxylic acids is 1. The van der Waals surface area contributed by atoms with Gasteiger partial charge in [-0.15, -0.1) is 0 Å². The summed E-state index contributed by atoms with van der Waals surface area (Å²) in [6.07, 6.45) is -0.0418. The Morgan fingerprint density at radius 2 is 1.86 bits per heavy atom. The van der Waals surface area contributed by atoms with Crippen molar-refractivity contribution in [1.82, 2.24) is 9.80 Å². The smallest absolute Gasteiger partial charge is 0.416 e. The normalized spacial score (nSPS) is 32.4. The number of benzene rings is 1. The van der Waals surface area contributed by atoms with Crippen LogP contribution in [0.25, 0.3) is 0 Å². The third-order valence-electron chi connectivity index (χ3n) is 9.00. The summed E-state index contributed by atoms with van der Waals surface area (Å²) >= 11 is 0. The zero-order valence-corrected chi connectivity index (χ0v) is 22.4. The van der Waals surface area contributed by atoms with Crippen LogP contribution in [0.1, 0.15) is 58.1 Å². The lowest BCUT2D eigenvalue weighted by Crippen LogP contribution is -2.56. The van der Waals surface area contributed by atoms with Gasteiger partial charge in [0.25, 0.3) is 0 Å². The highest BCUT2D eigenvalue weighted by atomic mass is 19.4. The molecule has 1 N–H and O–H groups in total. The molecule has 1 saturated heterocycles. The van der Waals surface area contributed by atoms with Crippen LogP contribution in [0, 0.1) is 23.7 Å². The number of ether oxygens (including phenoxy) is 1. The van der Waals surface area contributed by atoms with Crippen molar-refractivity contribution in [1.29, 1.82) is 0 Å². The van der Waals surface area contributed by atoms with Gasteiger partial charge in [0.1, 0.15) is 6.10 Å². The van der Waals surface area contributed by atoms with Gasteiger partial charge in [0.15, 0.2) is 0 Å². The van der Waals surface area contributed by atoms with Gasteiger partial charge in [-0.3, -0.25) is 9.69 Å². The van der Waals surface area contributed by atoms with Gasteiger partial charge < -0.3 is 14.7 Å². The maximum Gasteiger partial charge on any atom is 0.416 e. The van der Waals surface area contributed by atoms with E-state index in [4.69, 9.17) is 4.74 Å². The van der Waals surface area contributed by atoms with Gasteiger partial charge in [-0.05, 0) is 54.7 Å². The Labute approximate surface area is 218 Å². The Morgan fingerprint density at radius 3 is 2.51 bits per heavy atom. The van der Waals surface area contributed by atoms with E-state index in [2.05, 4.69) is 29.7 Å². The zero-order valence-electron chi connectivity index (χ0n) is 22.4. The van der Waals surface area contributed by atoms with Gasteiger partial charge in [0.05, 0.1) is 11.2 Å². The van der Waals surface area contributed by atoms with Gasteiger partial charge in [0.2, 0.25) is 0 Å². The van der Waals surface area contributed by atoms with Crippen molar-refractivity contribution < 1.29 is 27.8 Å². The highest BCUT2D eigenvalue weighted by Crippen LogP contribution is 2.51. The summed E-state index contributed by atoms with van der Waals surface area (Å²) in [5.74, 6) is 0.592. The minimum absolute atomic E-state index is 0.0419. The molecule has 0 bridgehead atoms. The van der Waals surface area contributed by atoms with Crippen molar-refractivity contribution in [2.75, 3.05) is 32.7 Å². The highest BCUT2D eigenvalue weighted by Gasteiger charge is 2.52. The maximum atomic E-state index is 13.1. The first-order chi connectivity index (χ1) is 17.4. The number of halogens is 3. The molecule has 1 aliphatic heterocycles. The van der Waals surface area contributed by atoms with Crippen LogP contribution in [-0.4, -0.2) is 65.3 Å². The van der Waals surface area contributed by atoms with E-state index in [0.29, 0.717) is 30.4 Å². The molecule has 2 aliphatic carbocycles. The van der Waals surface area contributed by atoms with Crippen molar-refractivity contribution >= 4 is 5.97 Å². The molecule has 0 amide bonds. The van der Waals surface area contributed by atoms with Gasteiger partial charge in [-0.2, -0.15) is 13.2 Å². The molecule has 0 radical (unpaired) electrons. The Kier molecular flexibility index (Phi) is 8.41. The summed E-state index contributed by atoms with van der Waals surface area (Å²) < 4.78 is 44.7. The summed E-state index contributed by atoms with van der Waals surface area (Å²) in [4.78, 5) is 16.3. The minimum Gasteiger partial charge on any atom is -0.458 e. The molecular weight excluding hydrogens is 481 g/mol. The van der Waals surface area contributed by atoms with Crippen LogP contribution in [0.2, 0.25) is 0 Å². The lowest BCUT2D eigenvalue weighted by atomic mass is 9.57. The fourth-order valence-electron chi connectivity index (χ4n) is 6.78. The number of carbonyl (C=O) groups is 1. The van der Waals surface area contributed by atoms with Gasteiger partial charge >= 0.3 is 12.1 Å². The van der Waals surface area contributed by atoms with E-state index in [-0.39, 0.29) is 23.9 Å². The third-order valence-corrected chi connectivity index (χ3v) is 9.00. The Bertz CT molecular complexity index is 989. The second-order valence-corrected chi connectivity index (χ2v) is 11.6. The standard InChI is InChI=1S/C29H41F3N2O3/c1-19-14-26-25(9-8-21(3)28(26,36)16-27(19)37-22(4)35)20(2)17-33-10-12-34(13-11-33)18-23-6-5-7-24(15-23)29(30,31)32/h5-7,14-15,20-21,25-27,36H,8-13,16-18H2,1-4H3/t20?,21-,25+,26-,27-,28-/m1/s1. The molecule has 3 aliphatic rings. The molecule has 0 spiro atoms. The topological polar surface area (TPSA) is 53.0 Å². The molecule has 37 heavy (non-hydrogen) atoms. The molecule has 2 fully saturated rings. The van der Waals surface area contributed by atoms with E-state index < -0.39 is 17.3 Å². The number of esters is 1. The van der Waals surface area contributed by atoms with Crippen molar-refractivity contribution in [3.05, 3.63) is 47.0 Å². The second kappa shape index (κ2) is 11.1. The van der Waals surface area contributed by atoms with Crippen LogP contribution in [0.15, 0.2) is 35.9 Å². The SMILES string of the molecule is CC(=O)O[C@@H]1C[C@@]2(O)[C@H](C)CC[C@@H](C(C)CN3CCN(Cc4cccc(C(F)(F)F)c4)CC3)[C@H]2C=C1C. The monoisotopic (exact) mass is 522 g/mol. The summed E-state index contributed by atoms with van der Waals surface area (Å²) in [7, 11) is 0. The van der Waals surface area contributed by atoms with Crippen LogP contribution in [0.3, 0.4) is 0 Å². The first-order valence-corrected chi connectivity index (χ1v) is 13.6. The molecule has 0 aromatic heterocycles. The molecule has 1 aromatic carbocycles. The van der Waals surface area contributed by atoms with Crippen LogP contribution in [0.4, 0.5) is 13.2 Å². The molecule has 8 heteroatoms. The van der Waals surface area contributed by atoms with Crippen molar-refractivity contribution in [3.63, 3.8) is 0 Å². The first-order valence-electron chi connectivity index (χ1n) is 13.6. The van der Waals surface area contributed by atoms with Crippen LogP contribution in [-0.2, 0) is 22.3 Å². The molecule has 1 heterocycles. The van der Waals surface area contributed by atoms with E-state index in [1.54, 1.807) is 6.07 Å². The van der Waals surface area contributed by atoms with Crippen LogP contribution in [0.5, 0.6) is 0 Å². The van der Waals surface area contributed by atoms with Crippen molar-refractivity contribution in [2.45, 2.75) is 71.4 Å². The predicted octanol–water partition coefficient (Wildman–Crippen LogP) is 5.13. The number of nitrogens with zero attached hydrogens (tertiary/aromatic N) is 2. The van der Waals surface area contributed by atoms with E-state index >= 15 is 0 Å². The Balaban J connectivity index is 1.35. The van der Waals surface area contributed by atoms with E-state index in [1.807, 2.05) is 6.92 Å². The number of hydrogen-bond acceptors (Lipinski definition) is 5. The summed E-state index contributed by atoms with van der Waals surface area (Å²) in [6.45, 7) is 12.7. The van der Waals surface area contributed by atoms with Gasteiger partial charge in [-0.1, -0.05) is 38.1 Å². The molecular formula is C29H41F3N2O3. The molecule has 1 unspecified atom stereocenters. The van der Waals surface area contributed by atoms with Crippen molar-refractivity contribution in [2.24, 2.45) is 23.7 Å². The number of alkyl halides is 3. The second-order valence-electron chi connectivity index (χ2n) is 11.6. The number of fused-ring (bicyclic) bond motifs is 1. The summed E-state index contributed by atoms with van der Waals surface area (Å²) in [5.41, 5.74) is 0.254. The van der Waals surface area contributed by atoms with Crippen molar-refractivity contribution in [3.8, 4) is 0 Å². The van der Waals surface area contributed by atoms with Gasteiger partial charge in [0, 0.05) is 58.5 Å². The largest absolute Gasteiger partial charge is 0.458 e. The molecule has 6 atom stereocenters. The number of aliphatic hydroxyl groups is 1. The Hall–Kier alpha value is -1.90. The molecule has 4 rings (SSSR count). The number of hydrogen-bond donors (Lipinski definition) is 1. The van der Waals surface area contributed by atoms with E-state index in [1.165, 1.54) is 19.1 Å². The molecule has 1 aromatic rings. The fourth-order valence-corrected chi connectivity index (χ4v) is 6.78. The average Bonchev–Trinajstić information content (AvgIpc) is 2.82. The number of rotatable bonds is 6. The predicted molar refractivity (Wildman–Crippen MR) is 137 cm³/mol. The lowest BCUT2D eigenvalue weighted by Gasteiger charge is -2.53. The summed E-state index contributed by atoms with van der Waals surface area (Å²) in [6, 6.07) is 5.62. The first kappa shape index (κ1) is 28.1. The van der Waals surface area contributed by atoms with Crippen LogP contribution >= 0.6 is 0 Å². The third kappa shape index (κ3) is 6.40. The maximum absolute atomic E-state index is 13.1. The summed E-state index contributed by atoms with van der Waals surface area (Å²) in [5, 5.41) is 11.8. The Morgan fingerprint density at radius 1 is 1.19 bits per heavy atom. The molecule has 1 saturated carbocycles. The van der Waals surface area contributed by atoms with E-state index in [9.17, 15) is 23.1 Å². The lowest BCUT2D eigenvalue weighted by molar-refractivity contribution is -0.159. The zero-order chi connectivity index (χ0) is 27.0. The highest BCUT2D eigenvalue weighted by molar-refractivity contribution is 5.66. The quantitative estimate of drug-likeness (QED) is 0.415. The average molecular weight is 523 g/mol. The number of piperazine rings is 1. The van der Waals surface area contributed by atoms with Crippen LogP contribution < -0.4 is 0 Å². The molecule has 5 nitrogen and oxygen atoms in total. The van der Waals surface area contributed by atoms with Gasteiger partial charge in [-0.25, -0.2) is 0 Å². The minimum atomic E-state index is -4.32.